The second kappa shape index (κ2) is 16.9. The number of carbonyl (C=O) groups is 2. The van der Waals surface area contributed by atoms with Crippen LogP contribution in [0.1, 0.15) is 117 Å². The van der Waals surface area contributed by atoms with Crippen molar-refractivity contribution in [2.75, 3.05) is 46.2 Å². The summed E-state index contributed by atoms with van der Waals surface area (Å²) in [5.74, 6) is 0.314. The lowest BCUT2D eigenvalue weighted by molar-refractivity contribution is -0.118. The number of benzene rings is 2. The number of hydrogen-bond acceptors (Lipinski definition) is 8. The van der Waals surface area contributed by atoms with E-state index in [1.165, 1.54) is 12.0 Å². The van der Waals surface area contributed by atoms with E-state index in [1.54, 1.807) is 13.3 Å². The fourth-order valence-electron chi connectivity index (χ4n) is 10.0. The van der Waals surface area contributed by atoms with E-state index in [4.69, 9.17) is 14.6 Å². The molecular formula is C46H60N6O6S. The number of fused-ring (bicyclic) bond motifs is 5. The third kappa shape index (κ3) is 8.35. The van der Waals surface area contributed by atoms with Crippen LogP contribution in [0.15, 0.2) is 42.6 Å². The molecule has 2 atom stereocenters. The Morgan fingerprint density at radius 2 is 1.69 bits per heavy atom. The summed E-state index contributed by atoms with van der Waals surface area (Å²) in [6.07, 6.45) is 11.3. The Bertz CT molecular complexity index is 2360. The number of sulfonamides is 1. The van der Waals surface area contributed by atoms with Crippen molar-refractivity contribution >= 4 is 44.4 Å². The molecule has 2 aromatic heterocycles. The van der Waals surface area contributed by atoms with Crippen LogP contribution < -0.4 is 9.46 Å². The maximum Gasteiger partial charge on any atom is 0.257 e. The first-order valence-electron chi connectivity index (χ1n) is 21.6. The molecule has 13 heteroatoms. The molecule has 59 heavy (non-hydrogen) atoms. The van der Waals surface area contributed by atoms with Gasteiger partial charge in [0.25, 0.3) is 5.91 Å². The SMILES string of the molecule is COc1ccc2c(c1)C=C(c1c(C(=O)N3C[C@@H](C)N(C)[C@@H](C)C3)cnn1C1CCOCC1)Cn1c-2c(C2CCCCC2)c2ccc(CC(=O)NS(=O)(=O)CC(C)C)cc21. The molecule has 4 aromatic rings. The number of aromatic nitrogens is 3. The highest BCUT2D eigenvalue weighted by Crippen LogP contribution is 2.48. The molecule has 2 amide bonds. The van der Waals surface area contributed by atoms with Gasteiger partial charge in [0.1, 0.15) is 5.75 Å². The lowest BCUT2D eigenvalue weighted by Gasteiger charge is -2.42. The van der Waals surface area contributed by atoms with Gasteiger partial charge in [-0.05, 0) is 111 Å². The minimum absolute atomic E-state index is 0.0117. The van der Waals surface area contributed by atoms with Crippen molar-refractivity contribution in [3.63, 3.8) is 0 Å². The summed E-state index contributed by atoms with van der Waals surface area (Å²) in [6.45, 7) is 11.0. The first kappa shape index (κ1) is 41.3. The second-order valence-corrected chi connectivity index (χ2v) is 19.6. The zero-order valence-corrected chi connectivity index (χ0v) is 36.3. The van der Waals surface area contributed by atoms with Crippen molar-refractivity contribution < 1.29 is 27.5 Å². The predicted molar refractivity (Wildman–Crippen MR) is 232 cm³/mol. The summed E-state index contributed by atoms with van der Waals surface area (Å²) >= 11 is 0. The minimum Gasteiger partial charge on any atom is -0.497 e. The third-order valence-corrected chi connectivity index (χ3v) is 14.7. The van der Waals surface area contributed by atoms with Gasteiger partial charge in [0, 0.05) is 54.9 Å². The molecule has 2 aromatic carbocycles. The average molecular weight is 825 g/mol. The third-order valence-electron chi connectivity index (χ3n) is 13.1. The first-order valence-corrected chi connectivity index (χ1v) is 23.2. The number of nitrogens with zero attached hydrogens (tertiary/aromatic N) is 5. The summed E-state index contributed by atoms with van der Waals surface area (Å²) in [7, 11) is 0.0571. The maximum atomic E-state index is 14.9. The molecule has 1 saturated carbocycles. The van der Waals surface area contributed by atoms with Crippen LogP contribution in [0.4, 0.5) is 0 Å². The van der Waals surface area contributed by atoms with E-state index < -0.39 is 15.9 Å². The fraction of sp³-hybridized carbons (Fsp3) is 0.543. The van der Waals surface area contributed by atoms with Crippen molar-refractivity contribution in [2.24, 2.45) is 5.92 Å². The monoisotopic (exact) mass is 824 g/mol. The van der Waals surface area contributed by atoms with Crippen LogP contribution in [0.5, 0.6) is 5.75 Å². The molecule has 12 nitrogen and oxygen atoms in total. The smallest absolute Gasteiger partial charge is 0.257 e. The molecule has 0 bridgehead atoms. The van der Waals surface area contributed by atoms with E-state index in [2.05, 4.69) is 70.1 Å². The summed E-state index contributed by atoms with van der Waals surface area (Å²) in [6, 6.07) is 13.0. The molecule has 3 fully saturated rings. The zero-order valence-electron chi connectivity index (χ0n) is 35.5. The Morgan fingerprint density at radius 3 is 2.39 bits per heavy atom. The number of carbonyl (C=O) groups excluding carboxylic acids is 2. The number of likely N-dealkylation sites (N-methyl/N-ethyl adjacent to an activating group) is 1. The van der Waals surface area contributed by atoms with Gasteiger partial charge in [-0.1, -0.05) is 45.2 Å². The van der Waals surface area contributed by atoms with Crippen molar-refractivity contribution in [3.8, 4) is 17.0 Å². The molecule has 3 aliphatic heterocycles. The van der Waals surface area contributed by atoms with Crippen molar-refractivity contribution in [1.82, 2.24) is 28.9 Å². The number of nitrogens with one attached hydrogen (secondary N) is 1. The number of allylic oxidation sites excluding steroid dienone is 1. The topological polar surface area (TPSA) is 128 Å². The number of methoxy groups -OCH3 is 1. The quantitative estimate of drug-likeness (QED) is 0.177. The van der Waals surface area contributed by atoms with Crippen LogP contribution >= 0.6 is 0 Å². The van der Waals surface area contributed by atoms with E-state index in [1.807, 2.05) is 30.9 Å². The molecule has 316 valence electrons. The average Bonchev–Trinajstić information content (AvgIpc) is 3.73. The zero-order chi connectivity index (χ0) is 41.6. The number of amides is 2. The Balaban J connectivity index is 1.31. The number of ether oxygens (including phenoxy) is 2. The Morgan fingerprint density at radius 1 is 0.966 bits per heavy atom. The molecule has 5 heterocycles. The minimum atomic E-state index is -3.76. The molecule has 2 saturated heterocycles. The summed E-state index contributed by atoms with van der Waals surface area (Å²) in [5.41, 5.74) is 8.66. The van der Waals surface area contributed by atoms with Crippen LogP contribution in [-0.2, 0) is 32.5 Å². The lowest BCUT2D eigenvalue weighted by Crippen LogP contribution is -2.56. The van der Waals surface area contributed by atoms with E-state index in [9.17, 15) is 18.0 Å². The molecular weight excluding hydrogens is 765 g/mol. The Labute approximate surface area is 349 Å². The summed E-state index contributed by atoms with van der Waals surface area (Å²) in [5, 5.41) is 6.17. The van der Waals surface area contributed by atoms with Crippen LogP contribution in [-0.4, -0.2) is 103 Å². The number of rotatable bonds is 10. The van der Waals surface area contributed by atoms with E-state index in [0.29, 0.717) is 44.3 Å². The molecule has 0 radical (unpaired) electrons. The molecule has 0 unspecified atom stereocenters. The van der Waals surface area contributed by atoms with Crippen LogP contribution in [0, 0.1) is 5.92 Å². The number of hydrogen-bond donors (Lipinski definition) is 1. The van der Waals surface area contributed by atoms with Crippen LogP contribution in [0.2, 0.25) is 0 Å². The van der Waals surface area contributed by atoms with E-state index >= 15 is 0 Å². The van der Waals surface area contributed by atoms with Crippen molar-refractivity contribution in [1.29, 1.82) is 0 Å². The van der Waals surface area contributed by atoms with Gasteiger partial charge in [-0.15, -0.1) is 0 Å². The second-order valence-electron chi connectivity index (χ2n) is 17.8. The van der Waals surface area contributed by atoms with Gasteiger partial charge in [-0.25, -0.2) is 8.42 Å². The van der Waals surface area contributed by atoms with Gasteiger partial charge in [0.05, 0.1) is 55.0 Å². The number of piperazine rings is 1. The molecule has 8 rings (SSSR count). The van der Waals surface area contributed by atoms with Crippen molar-refractivity contribution in [2.45, 2.75) is 110 Å². The predicted octanol–water partition coefficient (Wildman–Crippen LogP) is 7.28. The van der Waals surface area contributed by atoms with Gasteiger partial charge < -0.3 is 18.9 Å². The van der Waals surface area contributed by atoms with Gasteiger partial charge in [-0.2, -0.15) is 5.10 Å². The first-order chi connectivity index (χ1) is 28.3. The van der Waals surface area contributed by atoms with E-state index in [0.717, 1.165) is 88.8 Å². The molecule has 1 aliphatic carbocycles. The standard InChI is InChI=1S/C46H60N6O6S/c1-29(2)28-59(55,56)48-42(53)21-32-12-14-39-41(20-32)51-27-35(22-34-23-37(57-6)13-15-38(34)45(51)43(39)33-10-8-7-9-11-33)44-40(24-47-52(44)36-16-18-58-19-17-36)46(54)50-25-30(3)49(5)31(4)26-50/h12-15,20,22-24,29-31,33,36H,7-11,16-19,21,25-28H2,1-6H3,(H,48,53)/t30-,31+. The van der Waals surface area contributed by atoms with Gasteiger partial charge in [-0.3, -0.25) is 23.9 Å². The normalized spacial score (nSPS) is 20.9. The van der Waals surface area contributed by atoms with Crippen LogP contribution in [0.25, 0.3) is 33.8 Å². The van der Waals surface area contributed by atoms with Crippen molar-refractivity contribution in [3.05, 3.63) is 70.5 Å². The van der Waals surface area contributed by atoms with E-state index in [-0.39, 0.29) is 42.1 Å². The molecule has 1 N–H and O–H groups in total. The van der Waals surface area contributed by atoms with Crippen LogP contribution in [0.3, 0.4) is 0 Å². The van der Waals surface area contributed by atoms with Gasteiger partial charge >= 0.3 is 0 Å². The highest BCUT2D eigenvalue weighted by atomic mass is 32.2. The highest BCUT2D eigenvalue weighted by Gasteiger charge is 2.36. The van der Waals surface area contributed by atoms with Gasteiger partial charge in [0.2, 0.25) is 15.9 Å². The lowest BCUT2D eigenvalue weighted by atomic mass is 9.81. The van der Waals surface area contributed by atoms with Gasteiger partial charge in [0.15, 0.2) is 0 Å². The summed E-state index contributed by atoms with van der Waals surface area (Å²) in [4.78, 5) is 32.5. The fourth-order valence-corrected chi connectivity index (χ4v) is 11.4. The largest absolute Gasteiger partial charge is 0.497 e. The maximum absolute atomic E-state index is 14.9. The Kier molecular flexibility index (Phi) is 11.8. The highest BCUT2D eigenvalue weighted by molar-refractivity contribution is 7.90. The summed E-state index contributed by atoms with van der Waals surface area (Å²) < 4.78 is 43.9. The molecule has 0 spiro atoms. The Hall–Kier alpha value is -4.46. The molecule has 4 aliphatic rings.